The number of aromatic amines is 1. The second-order valence-electron chi connectivity index (χ2n) is 10.3. The standard InChI is InChI=1S/C29H30FN7O3/c1-29(27(38)33-21-9-12-31-13-10-21)17-39-26(40-18-29)25-35-23(19-5-7-20(30)8-6-19)24(36-25)22-11-14-32-28(34-22)37-15-3-2-4-16-37/h5-14,26H,2-4,15-18H2,1H3,(H,35,36)(H,31,33,38). The average Bonchev–Trinajstić information content (AvgIpc) is 3.44. The van der Waals surface area contributed by atoms with Crippen molar-refractivity contribution in [2.75, 3.05) is 36.5 Å². The van der Waals surface area contributed by atoms with E-state index in [1.54, 1.807) is 49.8 Å². The molecular formula is C29H30FN7O3. The lowest BCUT2D eigenvalue weighted by atomic mass is 9.91. The van der Waals surface area contributed by atoms with E-state index in [0.29, 0.717) is 34.5 Å². The van der Waals surface area contributed by atoms with E-state index in [9.17, 15) is 9.18 Å². The number of hydrogen-bond donors (Lipinski definition) is 2. The van der Waals surface area contributed by atoms with E-state index in [2.05, 4.69) is 25.2 Å². The van der Waals surface area contributed by atoms with E-state index in [0.717, 1.165) is 31.5 Å². The first-order valence-electron chi connectivity index (χ1n) is 13.4. The Morgan fingerprint density at radius 1 is 1.00 bits per heavy atom. The van der Waals surface area contributed by atoms with E-state index in [1.165, 1.54) is 18.6 Å². The molecule has 2 aliphatic rings. The molecule has 1 amide bonds. The summed E-state index contributed by atoms with van der Waals surface area (Å²) in [5.74, 6) is 0.554. The molecule has 1 aromatic carbocycles. The minimum absolute atomic E-state index is 0.128. The quantitative estimate of drug-likeness (QED) is 0.358. The summed E-state index contributed by atoms with van der Waals surface area (Å²) in [5.41, 5.74) is 2.37. The molecule has 2 aliphatic heterocycles. The van der Waals surface area contributed by atoms with Crippen LogP contribution in [-0.2, 0) is 14.3 Å². The zero-order chi connectivity index (χ0) is 27.5. The number of aromatic nitrogens is 5. The summed E-state index contributed by atoms with van der Waals surface area (Å²) in [6, 6.07) is 11.4. The minimum atomic E-state index is -0.898. The Labute approximate surface area is 231 Å². The Bertz CT molecular complexity index is 1460. The molecule has 0 spiro atoms. The van der Waals surface area contributed by atoms with E-state index in [-0.39, 0.29) is 24.9 Å². The van der Waals surface area contributed by atoms with Crippen LogP contribution in [0.4, 0.5) is 16.0 Å². The minimum Gasteiger partial charge on any atom is -0.345 e. The van der Waals surface area contributed by atoms with Gasteiger partial charge in [0.1, 0.15) is 5.82 Å². The summed E-state index contributed by atoms with van der Waals surface area (Å²) >= 11 is 0. The van der Waals surface area contributed by atoms with Crippen molar-refractivity contribution in [3.63, 3.8) is 0 Å². The zero-order valence-corrected chi connectivity index (χ0v) is 22.1. The van der Waals surface area contributed by atoms with Gasteiger partial charge in [0.05, 0.1) is 35.7 Å². The summed E-state index contributed by atoms with van der Waals surface area (Å²) in [4.78, 5) is 36.6. The van der Waals surface area contributed by atoms with Gasteiger partial charge in [-0.05, 0) is 68.7 Å². The van der Waals surface area contributed by atoms with Crippen LogP contribution in [-0.4, -0.2) is 57.1 Å². The molecule has 2 N–H and O–H groups in total. The molecule has 0 unspecified atom stereocenters. The number of amides is 1. The van der Waals surface area contributed by atoms with E-state index >= 15 is 0 Å². The van der Waals surface area contributed by atoms with Crippen molar-refractivity contribution in [1.29, 1.82) is 0 Å². The molecule has 4 aromatic rings. The van der Waals surface area contributed by atoms with Crippen LogP contribution >= 0.6 is 0 Å². The van der Waals surface area contributed by atoms with Crippen LogP contribution in [0, 0.1) is 11.2 Å². The fraction of sp³-hybridized carbons (Fsp3) is 0.345. The molecule has 2 fully saturated rings. The summed E-state index contributed by atoms with van der Waals surface area (Å²) in [6.07, 6.45) is 7.57. The molecule has 6 rings (SSSR count). The van der Waals surface area contributed by atoms with Gasteiger partial charge in [-0.2, -0.15) is 0 Å². The lowest BCUT2D eigenvalue weighted by molar-refractivity contribution is -0.229. The first-order chi connectivity index (χ1) is 19.5. The number of benzene rings is 1. The molecule has 40 heavy (non-hydrogen) atoms. The van der Waals surface area contributed by atoms with Crippen LogP contribution in [0.25, 0.3) is 22.6 Å². The third-order valence-corrected chi connectivity index (χ3v) is 7.19. The Hall–Kier alpha value is -4.22. The average molecular weight is 544 g/mol. The molecule has 2 saturated heterocycles. The highest BCUT2D eigenvalue weighted by atomic mass is 19.1. The van der Waals surface area contributed by atoms with Crippen LogP contribution in [0.2, 0.25) is 0 Å². The third-order valence-electron chi connectivity index (χ3n) is 7.19. The van der Waals surface area contributed by atoms with Crippen molar-refractivity contribution in [2.45, 2.75) is 32.5 Å². The molecule has 206 valence electrons. The first kappa shape index (κ1) is 26.0. The molecule has 0 atom stereocenters. The van der Waals surface area contributed by atoms with Crippen molar-refractivity contribution in [3.05, 3.63) is 72.7 Å². The second kappa shape index (κ2) is 11.1. The first-order valence-corrected chi connectivity index (χ1v) is 13.4. The number of carbonyl (C=O) groups is 1. The van der Waals surface area contributed by atoms with Crippen LogP contribution in [0.3, 0.4) is 0 Å². The van der Waals surface area contributed by atoms with Crippen molar-refractivity contribution >= 4 is 17.5 Å². The highest BCUT2D eigenvalue weighted by molar-refractivity contribution is 5.95. The van der Waals surface area contributed by atoms with E-state index in [4.69, 9.17) is 19.4 Å². The maximum Gasteiger partial charge on any atom is 0.235 e. The molecule has 10 nitrogen and oxygen atoms in total. The number of anilines is 2. The Kier molecular flexibility index (Phi) is 7.23. The third kappa shape index (κ3) is 5.43. The fourth-order valence-electron chi connectivity index (χ4n) is 4.85. The molecule has 0 bridgehead atoms. The van der Waals surface area contributed by atoms with Crippen LogP contribution in [0.15, 0.2) is 61.1 Å². The van der Waals surface area contributed by atoms with Gasteiger partial charge in [-0.15, -0.1) is 0 Å². The number of imidazole rings is 1. The van der Waals surface area contributed by atoms with Gasteiger partial charge >= 0.3 is 0 Å². The van der Waals surface area contributed by atoms with E-state index < -0.39 is 11.7 Å². The second-order valence-corrected chi connectivity index (χ2v) is 10.3. The molecular weight excluding hydrogens is 513 g/mol. The Morgan fingerprint density at radius 2 is 1.73 bits per heavy atom. The number of nitrogens with one attached hydrogen (secondary N) is 2. The largest absolute Gasteiger partial charge is 0.345 e. The Balaban J connectivity index is 1.26. The molecule has 0 radical (unpaired) electrons. The monoisotopic (exact) mass is 543 g/mol. The maximum absolute atomic E-state index is 13.7. The summed E-state index contributed by atoms with van der Waals surface area (Å²) < 4.78 is 25.8. The number of nitrogens with zero attached hydrogens (tertiary/aromatic N) is 5. The molecule has 5 heterocycles. The molecule has 0 saturated carbocycles. The molecule has 11 heteroatoms. The fourth-order valence-corrected chi connectivity index (χ4v) is 4.85. The summed E-state index contributed by atoms with van der Waals surface area (Å²) in [7, 11) is 0. The van der Waals surface area contributed by atoms with Gasteiger partial charge in [0.2, 0.25) is 18.1 Å². The number of piperidine rings is 1. The predicted molar refractivity (Wildman–Crippen MR) is 147 cm³/mol. The summed E-state index contributed by atoms with van der Waals surface area (Å²) in [5, 5.41) is 2.89. The number of halogens is 1. The lowest BCUT2D eigenvalue weighted by Gasteiger charge is -2.35. The smallest absolute Gasteiger partial charge is 0.235 e. The molecule has 3 aromatic heterocycles. The number of hydrogen-bond acceptors (Lipinski definition) is 8. The summed E-state index contributed by atoms with van der Waals surface area (Å²) in [6.45, 7) is 3.88. The van der Waals surface area contributed by atoms with Crippen LogP contribution in [0.1, 0.15) is 38.3 Å². The van der Waals surface area contributed by atoms with Gasteiger partial charge in [-0.1, -0.05) is 0 Å². The van der Waals surface area contributed by atoms with Crippen molar-refractivity contribution in [3.8, 4) is 22.6 Å². The highest BCUT2D eigenvalue weighted by Crippen LogP contribution is 2.36. The maximum atomic E-state index is 13.7. The normalized spacial score (nSPS) is 21.2. The highest BCUT2D eigenvalue weighted by Gasteiger charge is 2.41. The van der Waals surface area contributed by atoms with Crippen molar-refractivity contribution < 1.29 is 18.7 Å². The zero-order valence-electron chi connectivity index (χ0n) is 22.1. The number of pyridine rings is 1. The number of carbonyl (C=O) groups excluding carboxylic acids is 1. The predicted octanol–water partition coefficient (Wildman–Crippen LogP) is 4.75. The lowest BCUT2D eigenvalue weighted by Crippen LogP contribution is -2.45. The Morgan fingerprint density at radius 3 is 2.45 bits per heavy atom. The van der Waals surface area contributed by atoms with Crippen molar-refractivity contribution in [1.82, 2.24) is 24.9 Å². The van der Waals surface area contributed by atoms with Gasteiger partial charge in [-0.3, -0.25) is 9.78 Å². The van der Waals surface area contributed by atoms with Gasteiger partial charge in [-0.25, -0.2) is 19.3 Å². The van der Waals surface area contributed by atoms with Gasteiger partial charge < -0.3 is 24.7 Å². The SMILES string of the molecule is CC1(C(=O)Nc2ccncc2)COC(c2nc(-c3ccc(F)cc3)c(-c3ccnc(N4CCCCC4)n3)[nH]2)OC1. The van der Waals surface area contributed by atoms with Crippen LogP contribution in [0.5, 0.6) is 0 Å². The van der Waals surface area contributed by atoms with Gasteiger partial charge in [0.25, 0.3) is 0 Å². The van der Waals surface area contributed by atoms with Gasteiger partial charge in [0, 0.05) is 42.9 Å². The number of rotatable bonds is 6. The van der Waals surface area contributed by atoms with Crippen LogP contribution < -0.4 is 10.2 Å². The van der Waals surface area contributed by atoms with Gasteiger partial charge in [0.15, 0.2) is 5.82 Å². The topological polar surface area (TPSA) is 118 Å². The molecule has 0 aliphatic carbocycles. The van der Waals surface area contributed by atoms with E-state index in [1.807, 2.05) is 6.07 Å². The number of ether oxygens (including phenoxy) is 2. The number of H-pyrrole nitrogens is 1. The van der Waals surface area contributed by atoms with Crippen molar-refractivity contribution in [2.24, 2.45) is 5.41 Å².